The van der Waals surface area contributed by atoms with E-state index in [-0.39, 0.29) is 0 Å². The van der Waals surface area contributed by atoms with Gasteiger partial charge in [0.1, 0.15) is 23.4 Å². The maximum atomic E-state index is 13.2. The van der Waals surface area contributed by atoms with Crippen LogP contribution in [0.1, 0.15) is 43.1 Å². The van der Waals surface area contributed by atoms with Crippen LogP contribution in [-0.4, -0.2) is 35.3 Å². The fraction of sp³-hybridized carbons (Fsp3) is 0.412. The predicted molar refractivity (Wildman–Crippen MR) is 91.0 cm³/mol. The maximum absolute atomic E-state index is 13.2. The molecule has 6 nitrogen and oxygen atoms in total. The molecule has 134 valence electrons. The Hall–Kier alpha value is -2.22. The van der Waals surface area contributed by atoms with Crippen LogP contribution in [0.15, 0.2) is 36.7 Å². The van der Waals surface area contributed by atoms with Crippen LogP contribution in [0.4, 0.5) is 4.39 Å². The first kappa shape index (κ1) is 17.6. The highest BCUT2D eigenvalue weighted by Crippen LogP contribution is 2.25. The number of nitrogens with one attached hydrogen (secondary N) is 2. The van der Waals surface area contributed by atoms with Crippen LogP contribution >= 0.6 is 0 Å². The molecule has 0 aliphatic heterocycles. The van der Waals surface area contributed by atoms with E-state index < -0.39 is 38.6 Å². The van der Waals surface area contributed by atoms with Crippen LogP contribution < -0.4 is 5.32 Å². The molecule has 1 aromatic heterocycles. The third-order valence-electron chi connectivity index (χ3n) is 4.44. The van der Waals surface area contributed by atoms with Crippen molar-refractivity contribution in [3.8, 4) is 0 Å². The minimum Gasteiger partial charge on any atom is -0.347 e. The molecule has 1 unspecified atom stereocenters. The van der Waals surface area contributed by atoms with Gasteiger partial charge < -0.3 is 10.3 Å². The Kier molecular flexibility index (Phi) is 5.17. The lowest BCUT2D eigenvalue weighted by Crippen LogP contribution is -2.37. The first-order chi connectivity index (χ1) is 12.0. The molecule has 1 aromatic carbocycles. The van der Waals surface area contributed by atoms with E-state index in [0.29, 0.717) is 24.2 Å². The number of H-pyrrole nitrogens is 1. The van der Waals surface area contributed by atoms with Crippen molar-refractivity contribution in [1.82, 2.24) is 15.3 Å². The predicted octanol–water partition coefficient (Wildman–Crippen LogP) is 2.11. The van der Waals surface area contributed by atoms with Gasteiger partial charge in [-0.05, 0) is 30.5 Å². The number of amides is 1. The second-order valence-corrected chi connectivity index (χ2v) is 8.52. The number of nitrogens with zero attached hydrogens (tertiary/aromatic N) is 1. The molecular weight excluding hydrogens is 345 g/mol. The Morgan fingerprint density at radius 3 is 2.56 bits per heavy atom. The summed E-state index contributed by atoms with van der Waals surface area (Å²) in [6.45, 7) is 0. The standard InChI is InChI=1S/C17H20FN3O3S/c18-13-7-5-12(6-8-13)16(17-19-9-10-20-17)21-15(22)11-25(23,24)14-3-1-2-4-14/h5-10,14,16H,1-4,11H2,(H,19,20)(H,21,22). The molecule has 2 N–H and O–H groups in total. The number of rotatable bonds is 6. The number of aromatic nitrogens is 2. The number of carbonyl (C=O) groups excluding carboxylic acids is 1. The fourth-order valence-corrected chi connectivity index (χ4v) is 4.89. The normalized spacial score (nSPS) is 16.7. The van der Waals surface area contributed by atoms with Crippen molar-refractivity contribution >= 4 is 15.7 Å². The van der Waals surface area contributed by atoms with Crippen LogP contribution in [0.5, 0.6) is 0 Å². The third kappa shape index (κ3) is 4.25. The molecule has 1 heterocycles. The SMILES string of the molecule is O=C(CS(=O)(=O)C1CCCC1)NC(c1ccc(F)cc1)c1ncc[nH]1. The summed E-state index contributed by atoms with van der Waals surface area (Å²) < 4.78 is 37.9. The Bertz CT molecular complexity index is 813. The van der Waals surface area contributed by atoms with Gasteiger partial charge in [-0.2, -0.15) is 0 Å². The van der Waals surface area contributed by atoms with Gasteiger partial charge in [-0.15, -0.1) is 0 Å². The van der Waals surface area contributed by atoms with Gasteiger partial charge in [0.2, 0.25) is 5.91 Å². The van der Waals surface area contributed by atoms with Gasteiger partial charge in [0.25, 0.3) is 0 Å². The molecule has 25 heavy (non-hydrogen) atoms. The van der Waals surface area contributed by atoms with E-state index in [1.54, 1.807) is 6.20 Å². The molecule has 1 aliphatic rings. The van der Waals surface area contributed by atoms with E-state index in [4.69, 9.17) is 0 Å². The van der Waals surface area contributed by atoms with E-state index in [2.05, 4.69) is 15.3 Å². The van der Waals surface area contributed by atoms with Gasteiger partial charge in [-0.3, -0.25) is 4.79 Å². The van der Waals surface area contributed by atoms with Crippen molar-refractivity contribution < 1.29 is 17.6 Å². The van der Waals surface area contributed by atoms with Crippen molar-refractivity contribution in [2.75, 3.05) is 5.75 Å². The average Bonchev–Trinajstić information content (AvgIpc) is 3.27. The van der Waals surface area contributed by atoms with Gasteiger partial charge in [-0.25, -0.2) is 17.8 Å². The van der Waals surface area contributed by atoms with E-state index in [9.17, 15) is 17.6 Å². The molecule has 8 heteroatoms. The molecule has 0 saturated heterocycles. The summed E-state index contributed by atoms with van der Waals surface area (Å²) in [5.74, 6) is -1.07. The van der Waals surface area contributed by atoms with E-state index in [1.807, 2.05) is 0 Å². The van der Waals surface area contributed by atoms with E-state index in [1.165, 1.54) is 30.5 Å². The van der Waals surface area contributed by atoms with Crippen LogP contribution in [0.25, 0.3) is 0 Å². The summed E-state index contributed by atoms with van der Waals surface area (Å²) in [7, 11) is -3.47. The van der Waals surface area contributed by atoms with Gasteiger partial charge in [0.05, 0.1) is 5.25 Å². The van der Waals surface area contributed by atoms with Crippen LogP contribution in [0.3, 0.4) is 0 Å². The van der Waals surface area contributed by atoms with Gasteiger partial charge in [-0.1, -0.05) is 25.0 Å². The molecular formula is C17H20FN3O3S. The van der Waals surface area contributed by atoms with Crippen molar-refractivity contribution in [3.05, 3.63) is 53.9 Å². The number of hydrogen-bond acceptors (Lipinski definition) is 4. The van der Waals surface area contributed by atoms with Crippen molar-refractivity contribution in [2.45, 2.75) is 37.0 Å². The summed E-state index contributed by atoms with van der Waals surface area (Å²) in [5.41, 5.74) is 0.614. The minimum absolute atomic E-state index is 0.392. The first-order valence-corrected chi connectivity index (χ1v) is 9.93. The van der Waals surface area contributed by atoms with Crippen LogP contribution in [0.2, 0.25) is 0 Å². The zero-order valence-electron chi connectivity index (χ0n) is 13.6. The third-order valence-corrected chi connectivity index (χ3v) is 6.60. The fourth-order valence-electron chi connectivity index (χ4n) is 3.15. The molecule has 1 aliphatic carbocycles. The molecule has 2 aromatic rings. The lowest BCUT2D eigenvalue weighted by atomic mass is 10.1. The first-order valence-electron chi connectivity index (χ1n) is 8.21. The van der Waals surface area contributed by atoms with Crippen LogP contribution in [0, 0.1) is 5.82 Å². The van der Waals surface area contributed by atoms with E-state index in [0.717, 1.165) is 12.8 Å². The molecule has 0 radical (unpaired) electrons. The van der Waals surface area contributed by atoms with Crippen molar-refractivity contribution in [3.63, 3.8) is 0 Å². The average molecular weight is 365 g/mol. The topological polar surface area (TPSA) is 91.9 Å². The molecule has 1 amide bonds. The highest BCUT2D eigenvalue weighted by molar-refractivity contribution is 7.92. The number of halogens is 1. The molecule has 1 saturated carbocycles. The number of carbonyl (C=O) groups is 1. The Morgan fingerprint density at radius 2 is 1.96 bits per heavy atom. The Labute approximate surface area is 145 Å². The summed E-state index contributed by atoms with van der Waals surface area (Å²) >= 11 is 0. The monoisotopic (exact) mass is 365 g/mol. The second-order valence-electron chi connectivity index (χ2n) is 6.24. The molecule has 3 rings (SSSR count). The quantitative estimate of drug-likeness (QED) is 0.820. The smallest absolute Gasteiger partial charge is 0.236 e. The lowest BCUT2D eigenvalue weighted by Gasteiger charge is -2.18. The number of aromatic amines is 1. The van der Waals surface area contributed by atoms with E-state index >= 15 is 0 Å². The minimum atomic E-state index is -3.47. The number of sulfone groups is 1. The largest absolute Gasteiger partial charge is 0.347 e. The van der Waals surface area contributed by atoms with Crippen molar-refractivity contribution in [1.29, 1.82) is 0 Å². The number of hydrogen-bond donors (Lipinski definition) is 2. The number of imidazole rings is 1. The highest BCUT2D eigenvalue weighted by Gasteiger charge is 2.31. The molecule has 0 bridgehead atoms. The van der Waals surface area contributed by atoms with Crippen molar-refractivity contribution in [2.24, 2.45) is 0 Å². The summed E-state index contributed by atoms with van der Waals surface area (Å²) in [5, 5.41) is 2.28. The highest BCUT2D eigenvalue weighted by atomic mass is 32.2. The zero-order chi connectivity index (χ0) is 17.9. The van der Waals surface area contributed by atoms with Gasteiger partial charge >= 0.3 is 0 Å². The summed E-state index contributed by atoms with van der Waals surface area (Å²) in [4.78, 5) is 19.4. The summed E-state index contributed by atoms with van der Waals surface area (Å²) in [6, 6.07) is 4.98. The Balaban J connectivity index is 1.76. The Morgan fingerprint density at radius 1 is 1.28 bits per heavy atom. The van der Waals surface area contributed by atoms with Gasteiger partial charge in [0, 0.05) is 12.4 Å². The number of benzene rings is 1. The van der Waals surface area contributed by atoms with Crippen LogP contribution in [-0.2, 0) is 14.6 Å². The molecule has 1 atom stereocenters. The summed E-state index contributed by atoms with van der Waals surface area (Å²) in [6.07, 6.45) is 6.15. The lowest BCUT2D eigenvalue weighted by molar-refractivity contribution is -0.119. The second kappa shape index (κ2) is 7.35. The maximum Gasteiger partial charge on any atom is 0.236 e. The molecule has 1 fully saturated rings. The van der Waals surface area contributed by atoms with Gasteiger partial charge in [0.15, 0.2) is 9.84 Å². The zero-order valence-corrected chi connectivity index (χ0v) is 14.4. The molecule has 0 spiro atoms.